The first-order valence-corrected chi connectivity index (χ1v) is 8.04. The van der Waals surface area contributed by atoms with E-state index in [0.717, 1.165) is 37.1 Å². The fourth-order valence-corrected chi connectivity index (χ4v) is 2.53. The molecule has 0 heterocycles. The van der Waals surface area contributed by atoms with Crippen LogP contribution in [0.4, 0.5) is 4.39 Å². The summed E-state index contributed by atoms with van der Waals surface area (Å²) in [5, 5.41) is 3.56. The summed E-state index contributed by atoms with van der Waals surface area (Å²) < 4.78 is 13.3. The van der Waals surface area contributed by atoms with Crippen molar-refractivity contribution in [2.75, 3.05) is 18.6 Å². The summed E-state index contributed by atoms with van der Waals surface area (Å²) in [5.74, 6) is 1.02. The lowest BCUT2D eigenvalue weighted by atomic mass is 9.99. The van der Waals surface area contributed by atoms with Gasteiger partial charge in [-0.05, 0) is 68.0 Å². The zero-order valence-corrected chi connectivity index (χ0v) is 12.4. The number of hydrogen-bond donors (Lipinski definition) is 1. The molecule has 0 fully saturated rings. The summed E-state index contributed by atoms with van der Waals surface area (Å²) in [6, 6.07) is 5.54. The molecule has 0 spiro atoms. The molecule has 1 atom stereocenters. The van der Waals surface area contributed by atoms with Crippen molar-refractivity contribution in [1.29, 1.82) is 0 Å². The first-order chi connectivity index (χ1) is 8.67. The molecule has 1 unspecified atom stereocenters. The lowest BCUT2D eigenvalue weighted by molar-refractivity contribution is 0.495. The maximum atomic E-state index is 13.3. The minimum atomic E-state index is -0.130. The standard InChI is InChI=1S/C15H24FNS/c1-4-8-17-15(7-9-18-3)11-13-10-14(16)6-5-12(13)2/h5-6,10,15,17H,4,7-9,11H2,1-3H3. The van der Waals surface area contributed by atoms with Gasteiger partial charge in [-0.2, -0.15) is 11.8 Å². The Morgan fingerprint density at radius 1 is 1.39 bits per heavy atom. The third-order valence-electron chi connectivity index (χ3n) is 3.13. The van der Waals surface area contributed by atoms with E-state index in [4.69, 9.17) is 0 Å². The third-order valence-corrected chi connectivity index (χ3v) is 3.77. The van der Waals surface area contributed by atoms with Gasteiger partial charge in [-0.1, -0.05) is 13.0 Å². The summed E-state index contributed by atoms with van der Waals surface area (Å²) in [6.07, 6.45) is 5.32. The number of hydrogen-bond acceptors (Lipinski definition) is 2. The van der Waals surface area contributed by atoms with Gasteiger partial charge in [-0.15, -0.1) is 0 Å². The van der Waals surface area contributed by atoms with Crippen LogP contribution in [0.5, 0.6) is 0 Å². The summed E-state index contributed by atoms with van der Waals surface area (Å²) in [4.78, 5) is 0. The Labute approximate surface area is 115 Å². The largest absolute Gasteiger partial charge is 0.314 e. The fraction of sp³-hybridized carbons (Fsp3) is 0.600. The molecule has 3 heteroatoms. The molecule has 1 N–H and O–H groups in total. The van der Waals surface area contributed by atoms with Gasteiger partial charge in [-0.25, -0.2) is 4.39 Å². The Hall–Kier alpha value is -0.540. The number of nitrogens with one attached hydrogen (secondary N) is 1. The average Bonchev–Trinajstić information content (AvgIpc) is 2.37. The van der Waals surface area contributed by atoms with Crippen molar-refractivity contribution in [2.24, 2.45) is 0 Å². The summed E-state index contributed by atoms with van der Waals surface area (Å²) in [7, 11) is 0. The minimum Gasteiger partial charge on any atom is -0.314 e. The normalized spacial score (nSPS) is 12.7. The van der Waals surface area contributed by atoms with Gasteiger partial charge in [0.25, 0.3) is 0 Å². The van der Waals surface area contributed by atoms with E-state index in [1.807, 2.05) is 17.8 Å². The van der Waals surface area contributed by atoms with E-state index in [9.17, 15) is 4.39 Å². The van der Waals surface area contributed by atoms with Crippen LogP contribution in [0.2, 0.25) is 0 Å². The highest BCUT2D eigenvalue weighted by molar-refractivity contribution is 7.98. The first kappa shape index (κ1) is 15.5. The molecule has 0 saturated heterocycles. The molecule has 102 valence electrons. The molecule has 18 heavy (non-hydrogen) atoms. The van der Waals surface area contributed by atoms with Gasteiger partial charge in [0, 0.05) is 6.04 Å². The van der Waals surface area contributed by atoms with Crippen molar-refractivity contribution >= 4 is 11.8 Å². The first-order valence-electron chi connectivity index (χ1n) is 6.64. The lowest BCUT2D eigenvalue weighted by Gasteiger charge is -2.19. The van der Waals surface area contributed by atoms with E-state index in [1.54, 1.807) is 6.07 Å². The van der Waals surface area contributed by atoms with Crippen LogP contribution in [-0.4, -0.2) is 24.6 Å². The molecule has 0 amide bonds. The number of halogens is 1. The SMILES string of the molecule is CCCNC(CCSC)Cc1cc(F)ccc1C. The fourth-order valence-electron chi connectivity index (χ4n) is 2.01. The Morgan fingerprint density at radius 2 is 2.17 bits per heavy atom. The second-order valence-electron chi connectivity index (χ2n) is 4.71. The topological polar surface area (TPSA) is 12.0 Å². The molecule has 0 bridgehead atoms. The van der Waals surface area contributed by atoms with Crippen LogP contribution in [0, 0.1) is 12.7 Å². The minimum absolute atomic E-state index is 0.130. The quantitative estimate of drug-likeness (QED) is 0.770. The molecule has 1 nitrogen and oxygen atoms in total. The maximum Gasteiger partial charge on any atom is 0.123 e. The second-order valence-corrected chi connectivity index (χ2v) is 5.69. The van der Waals surface area contributed by atoms with Gasteiger partial charge >= 0.3 is 0 Å². The van der Waals surface area contributed by atoms with Crippen molar-refractivity contribution in [3.05, 3.63) is 35.1 Å². The van der Waals surface area contributed by atoms with Crippen molar-refractivity contribution in [3.63, 3.8) is 0 Å². The Morgan fingerprint density at radius 3 is 2.83 bits per heavy atom. The van der Waals surface area contributed by atoms with Crippen molar-refractivity contribution in [2.45, 2.75) is 39.2 Å². The molecule has 0 saturated carbocycles. The number of thioether (sulfide) groups is 1. The summed E-state index contributed by atoms with van der Waals surface area (Å²) in [6.45, 7) is 5.26. The van der Waals surface area contributed by atoms with Gasteiger partial charge in [0.05, 0.1) is 0 Å². The average molecular weight is 269 g/mol. The van der Waals surface area contributed by atoms with E-state index in [0.29, 0.717) is 6.04 Å². The van der Waals surface area contributed by atoms with Gasteiger partial charge in [0.2, 0.25) is 0 Å². The number of aryl methyl sites for hydroxylation is 1. The van der Waals surface area contributed by atoms with Crippen LogP contribution in [0.3, 0.4) is 0 Å². The highest BCUT2D eigenvalue weighted by atomic mass is 32.2. The lowest BCUT2D eigenvalue weighted by Crippen LogP contribution is -2.32. The highest BCUT2D eigenvalue weighted by Crippen LogP contribution is 2.14. The van der Waals surface area contributed by atoms with Gasteiger partial charge in [-0.3, -0.25) is 0 Å². The van der Waals surface area contributed by atoms with Gasteiger partial charge in [0.15, 0.2) is 0 Å². The molecule has 1 rings (SSSR count). The van der Waals surface area contributed by atoms with Gasteiger partial charge in [0.1, 0.15) is 5.82 Å². The van der Waals surface area contributed by atoms with E-state index in [1.165, 1.54) is 11.6 Å². The smallest absolute Gasteiger partial charge is 0.123 e. The van der Waals surface area contributed by atoms with Crippen LogP contribution in [0.1, 0.15) is 30.9 Å². The van der Waals surface area contributed by atoms with E-state index in [-0.39, 0.29) is 5.82 Å². The predicted octanol–water partition coefficient (Wildman–Crippen LogP) is 3.80. The van der Waals surface area contributed by atoms with Crippen LogP contribution in [-0.2, 0) is 6.42 Å². The van der Waals surface area contributed by atoms with E-state index < -0.39 is 0 Å². The van der Waals surface area contributed by atoms with Crippen molar-refractivity contribution in [3.8, 4) is 0 Å². The Kier molecular flexibility index (Phi) is 7.36. The second kappa shape index (κ2) is 8.54. The van der Waals surface area contributed by atoms with Crippen LogP contribution in [0.15, 0.2) is 18.2 Å². The molecule has 0 aliphatic rings. The highest BCUT2D eigenvalue weighted by Gasteiger charge is 2.10. The van der Waals surface area contributed by atoms with E-state index in [2.05, 4.69) is 25.4 Å². The Bertz CT molecular complexity index is 346. The zero-order chi connectivity index (χ0) is 13.4. The molecular weight excluding hydrogens is 245 g/mol. The predicted molar refractivity (Wildman–Crippen MR) is 79.9 cm³/mol. The van der Waals surface area contributed by atoms with Crippen LogP contribution < -0.4 is 5.32 Å². The maximum absolute atomic E-state index is 13.3. The summed E-state index contributed by atoms with van der Waals surface area (Å²) in [5.41, 5.74) is 2.31. The Balaban J connectivity index is 2.65. The third kappa shape index (κ3) is 5.40. The van der Waals surface area contributed by atoms with Gasteiger partial charge < -0.3 is 5.32 Å². The van der Waals surface area contributed by atoms with Crippen molar-refractivity contribution < 1.29 is 4.39 Å². The molecule has 0 radical (unpaired) electrons. The molecule has 1 aromatic rings. The zero-order valence-electron chi connectivity index (χ0n) is 11.6. The van der Waals surface area contributed by atoms with Crippen molar-refractivity contribution in [1.82, 2.24) is 5.32 Å². The summed E-state index contributed by atoms with van der Waals surface area (Å²) >= 11 is 1.87. The molecular formula is C15H24FNS. The molecule has 0 aliphatic carbocycles. The number of rotatable bonds is 8. The molecule has 0 aliphatic heterocycles. The van der Waals surface area contributed by atoms with Crippen LogP contribution in [0.25, 0.3) is 0 Å². The van der Waals surface area contributed by atoms with E-state index >= 15 is 0 Å². The number of benzene rings is 1. The monoisotopic (exact) mass is 269 g/mol. The molecule has 0 aromatic heterocycles. The molecule has 1 aromatic carbocycles. The van der Waals surface area contributed by atoms with Crippen LogP contribution >= 0.6 is 11.8 Å².